The first-order chi connectivity index (χ1) is 8.36. The number of H-pyrrole nitrogens is 1. The van der Waals surface area contributed by atoms with Crippen LogP contribution in [0.2, 0.25) is 0 Å². The number of carbonyl (C=O) groups is 1. The molecular formula is C11H17N3O4. The second kappa shape index (κ2) is 5.52. The van der Waals surface area contributed by atoms with Crippen molar-refractivity contribution in [3.63, 3.8) is 0 Å². The Morgan fingerprint density at radius 2 is 2.06 bits per heavy atom. The molecule has 0 bridgehead atoms. The van der Waals surface area contributed by atoms with Gasteiger partial charge in [0.25, 0.3) is 5.56 Å². The van der Waals surface area contributed by atoms with E-state index in [9.17, 15) is 19.5 Å². The average Bonchev–Trinajstić information content (AvgIpc) is 2.23. The summed E-state index contributed by atoms with van der Waals surface area (Å²) in [5, 5.41) is 12.4. The van der Waals surface area contributed by atoms with Crippen molar-refractivity contribution < 1.29 is 9.90 Å². The Hall–Kier alpha value is -2.05. The van der Waals surface area contributed by atoms with Crippen molar-refractivity contribution in [1.82, 2.24) is 14.9 Å². The molecule has 0 saturated carbocycles. The van der Waals surface area contributed by atoms with Crippen LogP contribution >= 0.6 is 0 Å². The van der Waals surface area contributed by atoms with Crippen molar-refractivity contribution in [1.29, 1.82) is 0 Å². The van der Waals surface area contributed by atoms with E-state index < -0.39 is 23.0 Å². The molecule has 7 nitrogen and oxygen atoms in total. The van der Waals surface area contributed by atoms with Crippen LogP contribution in [0.15, 0.2) is 9.59 Å². The lowest BCUT2D eigenvalue weighted by molar-refractivity contribution is -0.122. The van der Waals surface area contributed by atoms with E-state index in [0.717, 1.165) is 4.57 Å². The van der Waals surface area contributed by atoms with Crippen molar-refractivity contribution in [2.75, 3.05) is 0 Å². The van der Waals surface area contributed by atoms with E-state index in [1.54, 1.807) is 20.8 Å². The molecule has 100 valence electrons. The number of aromatic nitrogens is 2. The first-order valence-electron chi connectivity index (χ1n) is 5.71. The van der Waals surface area contributed by atoms with Gasteiger partial charge in [0, 0.05) is 6.04 Å². The van der Waals surface area contributed by atoms with Crippen LogP contribution in [0.5, 0.6) is 5.88 Å². The second-order valence-corrected chi connectivity index (χ2v) is 4.22. The first-order valence-corrected chi connectivity index (χ1v) is 5.71. The van der Waals surface area contributed by atoms with Crippen molar-refractivity contribution in [2.24, 2.45) is 0 Å². The lowest BCUT2D eigenvalue weighted by Gasteiger charge is -2.12. The molecule has 3 N–H and O–H groups in total. The Morgan fingerprint density at radius 1 is 1.44 bits per heavy atom. The van der Waals surface area contributed by atoms with Crippen molar-refractivity contribution in [3.05, 3.63) is 26.4 Å². The summed E-state index contributed by atoms with van der Waals surface area (Å²) in [6.07, 6.45) is 0.271. The van der Waals surface area contributed by atoms with Gasteiger partial charge in [0.2, 0.25) is 11.8 Å². The van der Waals surface area contributed by atoms with Gasteiger partial charge < -0.3 is 10.4 Å². The summed E-state index contributed by atoms with van der Waals surface area (Å²) in [7, 11) is 0. The molecular weight excluding hydrogens is 238 g/mol. The number of rotatable bonds is 4. The number of aromatic hydroxyl groups is 1. The minimum Gasteiger partial charge on any atom is -0.494 e. The standard InChI is InChI=1S/C11H17N3O4/c1-4-7-9(16)13-11(18)14(10(7)17)5-8(15)12-6(2)3/h6,17H,4-5H2,1-3H3,(H,12,15)(H,13,16,18). The van der Waals surface area contributed by atoms with Crippen molar-refractivity contribution in [2.45, 2.75) is 39.8 Å². The Balaban J connectivity index is 3.14. The number of hydrogen-bond donors (Lipinski definition) is 3. The molecule has 1 amide bonds. The molecule has 7 heteroatoms. The highest BCUT2D eigenvalue weighted by atomic mass is 16.3. The van der Waals surface area contributed by atoms with E-state index in [-0.39, 0.29) is 24.6 Å². The predicted octanol–water partition coefficient (Wildman–Crippen LogP) is -0.671. The zero-order valence-corrected chi connectivity index (χ0v) is 10.6. The van der Waals surface area contributed by atoms with Crippen LogP contribution in [0, 0.1) is 0 Å². The van der Waals surface area contributed by atoms with Gasteiger partial charge >= 0.3 is 5.69 Å². The summed E-state index contributed by atoms with van der Waals surface area (Å²) in [6.45, 7) is 4.91. The molecule has 0 fully saturated rings. The van der Waals surface area contributed by atoms with E-state index >= 15 is 0 Å². The zero-order valence-electron chi connectivity index (χ0n) is 10.6. The van der Waals surface area contributed by atoms with Gasteiger partial charge in [-0.05, 0) is 20.3 Å². The SMILES string of the molecule is CCc1c(O)n(CC(=O)NC(C)C)c(=O)[nH]c1=O. The number of aromatic amines is 1. The molecule has 18 heavy (non-hydrogen) atoms. The average molecular weight is 255 g/mol. The summed E-state index contributed by atoms with van der Waals surface area (Å²) in [5.41, 5.74) is -1.33. The third-order valence-corrected chi connectivity index (χ3v) is 2.37. The second-order valence-electron chi connectivity index (χ2n) is 4.22. The maximum atomic E-state index is 11.5. The Labute approximate surface area is 103 Å². The summed E-state index contributed by atoms with van der Waals surface area (Å²) < 4.78 is 0.845. The first kappa shape index (κ1) is 14.0. The normalized spacial score (nSPS) is 10.7. The third-order valence-electron chi connectivity index (χ3n) is 2.37. The molecule has 0 aromatic carbocycles. The van der Waals surface area contributed by atoms with E-state index in [2.05, 4.69) is 10.3 Å². The topological polar surface area (TPSA) is 104 Å². The lowest BCUT2D eigenvalue weighted by atomic mass is 10.2. The number of hydrogen-bond acceptors (Lipinski definition) is 4. The molecule has 1 rings (SSSR count). The smallest absolute Gasteiger partial charge is 0.331 e. The van der Waals surface area contributed by atoms with E-state index in [4.69, 9.17) is 0 Å². The van der Waals surface area contributed by atoms with E-state index in [1.165, 1.54) is 0 Å². The van der Waals surface area contributed by atoms with Gasteiger partial charge in [-0.1, -0.05) is 6.92 Å². The van der Waals surface area contributed by atoms with Gasteiger partial charge in [0.05, 0.1) is 5.56 Å². The van der Waals surface area contributed by atoms with Crippen molar-refractivity contribution in [3.8, 4) is 5.88 Å². The fourth-order valence-corrected chi connectivity index (χ4v) is 1.58. The number of nitrogens with zero attached hydrogens (tertiary/aromatic N) is 1. The van der Waals surface area contributed by atoms with Crippen LogP contribution in [-0.4, -0.2) is 26.6 Å². The maximum absolute atomic E-state index is 11.5. The van der Waals surface area contributed by atoms with E-state index in [1.807, 2.05) is 0 Å². The lowest BCUT2D eigenvalue weighted by Crippen LogP contribution is -2.39. The van der Waals surface area contributed by atoms with Gasteiger partial charge in [-0.2, -0.15) is 0 Å². The predicted molar refractivity (Wildman–Crippen MR) is 65.6 cm³/mol. The van der Waals surface area contributed by atoms with Crippen LogP contribution in [0.3, 0.4) is 0 Å². The maximum Gasteiger partial charge on any atom is 0.331 e. The quantitative estimate of drug-likeness (QED) is 0.663. The van der Waals surface area contributed by atoms with Crippen molar-refractivity contribution >= 4 is 5.91 Å². The molecule has 0 spiro atoms. The fourth-order valence-electron chi connectivity index (χ4n) is 1.58. The highest BCUT2D eigenvalue weighted by Gasteiger charge is 2.15. The third kappa shape index (κ3) is 2.99. The molecule has 0 saturated heterocycles. The Kier molecular flexibility index (Phi) is 4.30. The number of nitrogens with one attached hydrogen (secondary N) is 2. The highest BCUT2D eigenvalue weighted by Crippen LogP contribution is 2.09. The summed E-state index contributed by atoms with van der Waals surface area (Å²) in [4.78, 5) is 36.5. The molecule has 1 heterocycles. The summed E-state index contributed by atoms with van der Waals surface area (Å²) in [5.74, 6) is -0.860. The largest absolute Gasteiger partial charge is 0.494 e. The molecule has 1 aromatic rings. The molecule has 0 aliphatic carbocycles. The molecule has 0 unspecified atom stereocenters. The van der Waals surface area contributed by atoms with Gasteiger partial charge in [-0.15, -0.1) is 0 Å². The van der Waals surface area contributed by atoms with E-state index in [0.29, 0.717) is 0 Å². The molecule has 0 aliphatic heterocycles. The van der Waals surface area contributed by atoms with Gasteiger partial charge in [-0.25, -0.2) is 4.79 Å². The minimum atomic E-state index is -0.798. The van der Waals surface area contributed by atoms with Gasteiger partial charge in [0.1, 0.15) is 6.54 Å². The summed E-state index contributed by atoms with van der Waals surface area (Å²) >= 11 is 0. The highest BCUT2D eigenvalue weighted by molar-refractivity contribution is 5.76. The molecule has 0 radical (unpaired) electrons. The monoisotopic (exact) mass is 255 g/mol. The van der Waals surface area contributed by atoms with Crippen LogP contribution in [0.4, 0.5) is 0 Å². The van der Waals surface area contributed by atoms with Crippen LogP contribution in [-0.2, 0) is 17.8 Å². The number of amides is 1. The van der Waals surface area contributed by atoms with Crippen LogP contribution < -0.4 is 16.6 Å². The Morgan fingerprint density at radius 3 is 2.56 bits per heavy atom. The Bertz CT molecular complexity index is 556. The number of carbonyl (C=O) groups excluding carboxylic acids is 1. The fraction of sp³-hybridized carbons (Fsp3) is 0.545. The molecule has 0 aliphatic rings. The van der Waals surface area contributed by atoms with Gasteiger partial charge in [-0.3, -0.25) is 19.1 Å². The molecule has 0 atom stereocenters. The molecule has 1 aromatic heterocycles. The van der Waals surface area contributed by atoms with Crippen LogP contribution in [0.1, 0.15) is 26.3 Å². The minimum absolute atomic E-state index is 0.0660. The van der Waals surface area contributed by atoms with Gasteiger partial charge in [0.15, 0.2) is 0 Å². The zero-order chi connectivity index (χ0) is 13.9. The van der Waals surface area contributed by atoms with Crippen LogP contribution in [0.25, 0.3) is 0 Å². The summed E-state index contributed by atoms with van der Waals surface area (Å²) in [6, 6.07) is -0.0660.